The molecule has 0 aliphatic rings. The molecule has 8 nitrogen and oxygen atoms in total. The van der Waals surface area contributed by atoms with Crippen LogP contribution in [0.5, 0.6) is 0 Å². The SMILES string of the molecule is CCCCCCCCCCCCOC(=O)c1ccc(-c2ccc(C(=O)OCCCCCCCCCCCC)c(C(=O)OCCCCCCCCCCCC)c2)cc1C(=O)OCCCCCCCCCCCC. The topological polar surface area (TPSA) is 105 Å². The van der Waals surface area contributed by atoms with Gasteiger partial charge in [-0.1, -0.05) is 271 Å². The summed E-state index contributed by atoms with van der Waals surface area (Å²) in [4.78, 5) is 55.0. The number of ether oxygens (including phenoxy) is 4. The number of unbranched alkanes of at least 4 members (excludes halogenated alkanes) is 36. The lowest BCUT2D eigenvalue weighted by Gasteiger charge is -2.14. The van der Waals surface area contributed by atoms with E-state index in [9.17, 15) is 19.2 Å². The van der Waals surface area contributed by atoms with E-state index in [4.69, 9.17) is 18.9 Å². The average molecular weight is 1000 g/mol. The Labute approximate surface area is 441 Å². The Balaban J connectivity index is 2.20. The van der Waals surface area contributed by atoms with Crippen molar-refractivity contribution in [3.63, 3.8) is 0 Å². The molecule has 0 aliphatic heterocycles. The second-order valence-electron chi connectivity index (χ2n) is 20.8. The minimum atomic E-state index is -0.582. The maximum atomic E-state index is 13.9. The van der Waals surface area contributed by atoms with Gasteiger partial charge < -0.3 is 18.9 Å². The maximum Gasteiger partial charge on any atom is 0.339 e. The largest absolute Gasteiger partial charge is 0.462 e. The van der Waals surface area contributed by atoms with Crippen molar-refractivity contribution in [2.45, 2.75) is 285 Å². The fourth-order valence-electron chi connectivity index (χ4n) is 9.47. The lowest BCUT2D eigenvalue weighted by Crippen LogP contribution is -2.16. The minimum Gasteiger partial charge on any atom is -0.462 e. The quantitative estimate of drug-likeness (QED) is 0.0367. The van der Waals surface area contributed by atoms with Crippen molar-refractivity contribution in [1.29, 1.82) is 0 Å². The molecule has 0 aromatic heterocycles. The Bertz CT molecular complexity index is 1550. The van der Waals surface area contributed by atoms with Gasteiger partial charge in [0.2, 0.25) is 0 Å². The molecule has 0 spiro atoms. The summed E-state index contributed by atoms with van der Waals surface area (Å²) < 4.78 is 23.2. The van der Waals surface area contributed by atoms with Crippen LogP contribution in [0.1, 0.15) is 326 Å². The van der Waals surface area contributed by atoms with Gasteiger partial charge in [-0.25, -0.2) is 19.2 Å². The van der Waals surface area contributed by atoms with Gasteiger partial charge in [0, 0.05) is 0 Å². The van der Waals surface area contributed by atoms with E-state index in [1.54, 1.807) is 36.4 Å². The monoisotopic (exact) mass is 1000 g/mol. The molecule has 0 fully saturated rings. The Morgan fingerprint density at radius 1 is 0.250 bits per heavy atom. The lowest BCUT2D eigenvalue weighted by molar-refractivity contribution is 0.0450. The van der Waals surface area contributed by atoms with Crippen molar-refractivity contribution < 1.29 is 38.1 Å². The third kappa shape index (κ3) is 31.8. The number of esters is 4. The minimum absolute atomic E-state index is 0.123. The first-order chi connectivity index (χ1) is 35.4. The molecule has 0 aliphatic carbocycles. The Kier molecular flexibility index (Phi) is 41.1. The van der Waals surface area contributed by atoms with Gasteiger partial charge in [-0.05, 0) is 61.1 Å². The van der Waals surface area contributed by atoms with Crippen LogP contribution in [0, 0.1) is 0 Å². The summed E-state index contributed by atoms with van der Waals surface area (Å²) in [5.41, 5.74) is 1.75. The summed E-state index contributed by atoms with van der Waals surface area (Å²) in [5.74, 6) is -2.27. The highest BCUT2D eigenvalue weighted by atomic mass is 16.5. The number of rotatable bonds is 49. The predicted molar refractivity (Wildman–Crippen MR) is 300 cm³/mol. The van der Waals surface area contributed by atoms with Gasteiger partial charge in [-0.2, -0.15) is 0 Å². The summed E-state index contributed by atoms with van der Waals surface area (Å²) in [6, 6.07) is 10.0. The van der Waals surface area contributed by atoms with Gasteiger partial charge in [0.15, 0.2) is 0 Å². The van der Waals surface area contributed by atoms with Crippen LogP contribution in [-0.2, 0) is 18.9 Å². The fourth-order valence-corrected chi connectivity index (χ4v) is 9.47. The van der Waals surface area contributed by atoms with Crippen molar-refractivity contribution in [2.75, 3.05) is 26.4 Å². The second kappa shape index (κ2) is 45.9. The molecule has 0 bridgehead atoms. The van der Waals surface area contributed by atoms with Crippen molar-refractivity contribution >= 4 is 23.9 Å². The van der Waals surface area contributed by atoms with Crippen molar-refractivity contribution in [1.82, 2.24) is 0 Å². The van der Waals surface area contributed by atoms with Crippen molar-refractivity contribution in [3.8, 4) is 11.1 Å². The van der Waals surface area contributed by atoms with E-state index >= 15 is 0 Å². The van der Waals surface area contributed by atoms with E-state index in [0.717, 1.165) is 77.0 Å². The van der Waals surface area contributed by atoms with Gasteiger partial charge >= 0.3 is 23.9 Å². The standard InChI is InChI=1S/C64H106O8/c1-5-9-13-17-21-25-29-33-37-41-49-69-61(65)57-47-45-55(53-59(57)63(67)71-51-43-39-35-31-27-23-19-15-11-7-3)56-46-48-58(62(66)70-50-42-38-34-30-26-22-18-14-10-6-2)60(54-56)64(68)72-52-44-40-36-32-28-24-20-16-12-8-4/h45-48,53-54H,5-44,49-52H2,1-4H3. The smallest absolute Gasteiger partial charge is 0.339 e. The van der Waals surface area contributed by atoms with E-state index in [2.05, 4.69) is 27.7 Å². The third-order valence-electron chi connectivity index (χ3n) is 14.2. The molecule has 410 valence electrons. The Hall–Kier alpha value is -3.68. The van der Waals surface area contributed by atoms with Crippen LogP contribution in [0.3, 0.4) is 0 Å². The Morgan fingerprint density at radius 3 is 0.639 bits per heavy atom. The highest BCUT2D eigenvalue weighted by Crippen LogP contribution is 2.28. The van der Waals surface area contributed by atoms with Crippen LogP contribution >= 0.6 is 0 Å². The maximum absolute atomic E-state index is 13.9. The molecule has 8 heteroatoms. The summed E-state index contributed by atoms with van der Waals surface area (Å²) in [7, 11) is 0. The van der Waals surface area contributed by atoms with Gasteiger partial charge in [0.1, 0.15) is 0 Å². The highest BCUT2D eigenvalue weighted by molar-refractivity contribution is 6.06. The van der Waals surface area contributed by atoms with E-state index < -0.39 is 23.9 Å². The van der Waals surface area contributed by atoms with Crippen LogP contribution in [0.2, 0.25) is 0 Å². The molecule has 2 aromatic carbocycles. The van der Waals surface area contributed by atoms with Crippen molar-refractivity contribution in [3.05, 3.63) is 58.7 Å². The first-order valence-corrected chi connectivity index (χ1v) is 30.3. The number of carbonyl (C=O) groups excluding carboxylic acids is 4. The van der Waals surface area contributed by atoms with Crippen LogP contribution in [0.15, 0.2) is 36.4 Å². The Morgan fingerprint density at radius 2 is 0.431 bits per heavy atom. The lowest BCUT2D eigenvalue weighted by atomic mass is 9.95. The summed E-state index contributed by atoms with van der Waals surface area (Å²) in [6.45, 7) is 10.1. The predicted octanol–water partition coefficient (Wildman–Crippen LogP) is 19.7. The molecule has 0 heterocycles. The van der Waals surface area contributed by atoms with E-state index in [0.29, 0.717) is 11.1 Å². The molecule has 0 radical (unpaired) electrons. The number of hydrogen-bond acceptors (Lipinski definition) is 8. The molecule has 72 heavy (non-hydrogen) atoms. The zero-order valence-electron chi connectivity index (χ0n) is 46.8. The number of benzene rings is 2. The van der Waals surface area contributed by atoms with E-state index in [1.807, 2.05) is 0 Å². The molecule has 2 rings (SSSR count). The van der Waals surface area contributed by atoms with Crippen molar-refractivity contribution in [2.24, 2.45) is 0 Å². The number of carbonyl (C=O) groups is 4. The zero-order chi connectivity index (χ0) is 52.0. The van der Waals surface area contributed by atoms with Crippen LogP contribution in [0.25, 0.3) is 11.1 Å². The first kappa shape index (κ1) is 64.4. The molecule has 0 amide bonds. The first-order valence-electron chi connectivity index (χ1n) is 30.3. The summed E-state index contributed by atoms with van der Waals surface area (Å²) in [6.07, 6.45) is 47.0. The third-order valence-corrected chi connectivity index (χ3v) is 14.2. The molecule has 2 aromatic rings. The van der Waals surface area contributed by atoms with Crippen LogP contribution < -0.4 is 0 Å². The zero-order valence-corrected chi connectivity index (χ0v) is 46.8. The normalized spacial score (nSPS) is 11.2. The average Bonchev–Trinajstić information content (AvgIpc) is 3.39. The highest BCUT2D eigenvalue weighted by Gasteiger charge is 2.24. The summed E-state index contributed by atoms with van der Waals surface area (Å²) >= 11 is 0. The fraction of sp³-hybridized carbons (Fsp3) is 0.750. The van der Waals surface area contributed by atoms with Gasteiger partial charge in [0.05, 0.1) is 48.7 Å². The molecule has 0 N–H and O–H groups in total. The van der Waals surface area contributed by atoms with E-state index in [1.165, 1.54) is 180 Å². The van der Waals surface area contributed by atoms with Crippen LogP contribution in [-0.4, -0.2) is 50.3 Å². The van der Waals surface area contributed by atoms with Gasteiger partial charge in [-0.15, -0.1) is 0 Å². The molecular weight excluding hydrogens is 897 g/mol. The number of hydrogen-bond donors (Lipinski definition) is 0. The molecule has 0 atom stereocenters. The van der Waals surface area contributed by atoms with Gasteiger partial charge in [-0.3, -0.25) is 0 Å². The molecule has 0 saturated heterocycles. The second-order valence-corrected chi connectivity index (χ2v) is 20.8. The van der Waals surface area contributed by atoms with Crippen LogP contribution in [0.4, 0.5) is 0 Å². The molecule has 0 unspecified atom stereocenters. The van der Waals surface area contributed by atoms with Gasteiger partial charge in [0.25, 0.3) is 0 Å². The molecule has 0 saturated carbocycles. The van der Waals surface area contributed by atoms with E-state index in [-0.39, 0.29) is 48.7 Å². The summed E-state index contributed by atoms with van der Waals surface area (Å²) in [5, 5.41) is 0. The molecular formula is C64H106O8.